The molecule has 2 aromatic rings. The van der Waals surface area contributed by atoms with Gasteiger partial charge in [-0.05, 0) is 46.6 Å². The van der Waals surface area contributed by atoms with Crippen molar-refractivity contribution in [1.29, 1.82) is 0 Å². The van der Waals surface area contributed by atoms with Crippen molar-refractivity contribution in [1.82, 2.24) is 15.0 Å². The standard InChI is InChI=1S/C11H8BrCl3N4O/c1-2-20-11-18-9(15)17-10(19-11)16-6-4-3-5(12)7(13)8(6)14/h3-4H,2H2,1H3,(H,16,17,18,19). The molecule has 0 aliphatic heterocycles. The van der Waals surface area contributed by atoms with Crippen molar-refractivity contribution in [2.24, 2.45) is 0 Å². The van der Waals surface area contributed by atoms with Crippen LogP contribution in [-0.2, 0) is 0 Å². The van der Waals surface area contributed by atoms with Crippen LogP contribution in [0.5, 0.6) is 6.01 Å². The SMILES string of the molecule is CCOc1nc(Cl)nc(Nc2ccc(Br)c(Cl)c2Cl)n1. The second kappa shape index (κ2) is 6.76. The highest BCUT2D eigenvalue weighted by Gasteiger charge is 2.11. The van der Waals surface area contributed by atoms with E-state index in [1.165, 1.54) is 0 Å². The van der Waals surface area contributed by atoms with Crippen LogP contribution < -0.4 is 10.1 Å². The first-order valence-corrected chi connectivity index (χ1v) is 7.39. The average molecular weight is 398 g/mol. The monoisotopic (exact) mass is 396 g/mol. The van der Waals surface area contributed by atoms with Crippen molar-refractivity contribution in [3.05, 3.63) is 31.9 Å². The molecular weight excluding hydrogens is 390 g/mol. The van der Waals surface area contributed by atoms with Crippen LogP contribution in [0.2, 0.25) is 15.3 Å². The highest BCUT2D eigenvalue weighted by Crippen LogP contribution is 2.36. The molecule has 106 valence electrons. The lowest BCUT2D eigenvalue weighted by molar-refractivity contribution is 0.312. The summed E-state index contributed by atoms with van der Waals surface area (Å²) in [5, 5.41) is 3.67. The Hall–Kier alpha value is -0.820. The lowest BCUT2D eigenvalue weighted by atomic mass is 10.3. The largest absolute Gasteiger partial charge is 0.464 e. The smallest absolute Gasteiger partial charge is 0.322 e. The Balaban J connectivity index is 2.32. The minimum Gasteiger partial charge on any atom is -0.464 e. The first-order valence-electron chi connectivity index (χ1n) is 5.46. The maximum Gasteiger partial charge on any atom is 0.322 e. The molecule has 0 aliphatic rings. The molecule has 1 N–H and O–H groups in total. The average Bonchev–Trinajstić information content (AvgIpc) is 2.39. The fourth-order valence-electron chi connectivity index (χ4n) is 1.32. The summed E-state index contributed by atoms with van der Waals surface area (Å²) in [7, 11) is 0. The predicted molar refractivity (Wildman–Crippen MR) is 83.5 cm³/mol. The van der Waals surface area contributed by atoms with E-state index in [0.717, 1.165) is 0 Å². The molecule has 0 spiro atoms. The molecule has 0 amide bonds. The van der Waals surface area contributed by atoms with E-state index in [2.05, 4.69) is 36.2 Å². The molecule has 2 rings (SSSR count). The molecule has 0 unspecified atom stereocenters. The number of halogens is 4. The van der Waals surface area contributed by atoms with E-state index >= 15 is 0 Å². The molecule has 5 nitrogen and oxygen atoms in total. The number of hydrogen-bond donors (Lipinski definition) is 1. The Kier molecular flexibility index (Phi) is 5.26. The summed E-state index contributed by atoms with van der Waals surface area (Å²) in [6.07, 6.45) is 0. The van der Waals surface area contributed by atoms with E-state index < -0.39 is 0 Å². The Labute approximate surface area is 138 Å². The van der Waals surface area contributed by atoms with Crippen LogP contribution in [0.4, 0.5) is 11.6 Å². The summed E-state index contributed by atoms with van der Waals surface area (Å²) >= 11 is 21.3. The van der Waals surface area contributed by atoms with Gasteiger partial charge in [-0.25, -0.2) is 0 Å². The molecule has 9 heteroatoms. The van der Waals surface area contributed by atoms with Gasteiger partial charge in [0.15, 0.2) is 0 Å². The maximum atomic E-state index is 6.13. The number of anilines is 2. The predicted octanol–water partition coefficient (Wildman–Crippen LogP) is 4.74. The molecule has 0 saturated carbocycles. The summed E-state index contributed by atoms with van der Waals surface area (Å²) in [4.78, 5) is 11.8. The molecule has 0 bridgehead atoms. The van der Waals surface area contributed by atoms with Gasteiger partial charge in [-0.15, -0.1) is 0 Å². The fourth-order valence-corrected chi connectivity index (χ4v) is 2.30. The van der Waals surface area contributed by atoms with Crippen LogP contribution in [0.3, 0.4) is 0 Å². The van der Waals surface area contributed by atoms with Crippen molar-refractivity contribution in [3.8, 4) is 6.01 Å². The van der Waals surface area contributed by atoms with Gasteiger partial charge < -0.3 is 10.1 Å². The summed E-state index contributed by atoms with van der Waals surface area (Å²) in [6.45, 7) is 2.24. The van der Waals surface area contributed by atoms with Crippen LogP contribution in [0.25, 0.3) is 0 Å². The number of ether oxygens (including phenoxy) is 1. The second-order valence-electron chi connectivity index (χ2n) is 3.49. The topological polar surface area (TPSA) is 59.9 Å². The van der Waals surface area contributed by atoms with Gasteiger partial charge in [0.2, 0.25) is 11.2 Å². The molecule has 1 heterocycles. The fraction of sp³-hybridized carbons (Fsp3) is 0.182. The molecule has 0 radical (unpaired) electrons. The summed E-state index contributed by atoms with van der Waals surface area (Å²) in [5.74, 6) is 0.216. The van der Waals surface area contributed by atoms with E-state index in [9.17, 15) is 0 Å². The molecule has 0 aliphatic carbocycles. The lowest BCUT2D eigenvalue weighted by Gasteiger charge is -2.10. The minimum absolute atomic E-state index is 0.0188. The van der Waals surface area contributed by atoms with Gasteiger partial charge in [0.25, 0.3) is 0 Å². The van der Waals surface area contributed by atoms with Crippen LogP contribution >= 0.6 is 50.7 Å². The number of benzene rings is 1. The Morgan fingerprint density at radius 1 is 1.15 bits per heavy atom. The molecule has 1 aromatic carbocycles. The Morgan fingerprint density at radius 3 is 2.60 bits per heavy atom. The molecule has 0 fully saturated rings. The minimum atomic E-state index is 0.0188. The number of aromatic nitrogens is 3. The first kappa shape index (κ1) is 15.6. The van der Waals surface area contributed by atoms with Gasteiger partial charge >= 0.3 is 6.01 Å². The summed E-state index contributed by atoms with van der Waals surface area (Å²) in [6, 6.07) is 3.62. The van der Waals surface area contributed by atoms with Crippen LogP contribution in [-0.4, -0.2) is 21.6 Å². The van der Waals surface area contributed by atoms with Crippen LogP contribution in [0, 0.1) is 0 Å². The molecule has 0 atom stereocenters. The third-order valence-corrected chi connectivity index (χ3v) is 4.08. The first-order chi connectivity index (χ1) is 9.51. The third-order valence-electron chi connectivity index (χ3n) is 2.14. The van der Waals surface area contributed by atoms with Gasteiger partial charge in [0, 0.05) is 4.47 Å². The van der Waals surface area contributed by atoms with Crippen molar-refractivity contribution in [2.75, 3.05) is 11.9 Å². The van der Waals surface area contributed by atoms with Crippen molar-refractivity contribution < 1.29 is 4.74 Å². The highest BCUT2D eigenvalue weighted by molar-refractivity contribution is 9.10. The van der Waals surface area contributed by atoms with Crippen LogP contribution in [0.15, 0.2) is 16.6 Å². The van der Waals surface area contributed by atoms with Crippen molar-refractivity contribution in [3.63, 3.8) is 0 Å². The zero-order valence-corrected chi connectivity index (χ0v) is 14.0. The van der Waals surface area contributed by atoms with Crippen molar-refractivity contribution >= 4 is 62.4 Å². The number of hydrogen-bond acceptors (Lipinski definition) is 5. The second-order valence-corrected chi connectivity index (χ2v) is 5.44. The molecule has 0 saturated heterocycles. The Morgan fingerprint density at radius 2 is 1.90 bits per heavy atom. The molecule has 20 heavy (non-hydrogen) atoms. The van der Waals surface area contributed by atoms with Gasteiger partial charge in [-0.3, -0.25) is 0 Å². The van der Waals surface area contributed by atoms with Gasteiger partial charge in [0.1, 0.15) is 0 Å². The van der Waals surface area contributed by atoms with Gasteiger partial charge in [-0.1, -0.05) is 23.2 Å². The Bertz CT molecular complexity index is 641. The van der Waals surface area contributed by atoms with E-state index in [-0.39, 0.29) is 17.2 Å². The molecule has 1 aromatic heterocycles. The van der Waals surface area contributed by atoms with Gasteiger partial charge in [0.05, 0.1) is 22.3 Å². The summed E-state index contributed by atoms with van der Waals surface area (Å²) < 4.78 is 5.88. The zero-order chi connectivity index (χ0) is 14.7. The van der Waals surface area contributed by atoms with E-state index in [1.807, 2.05) is 6.92 Å². The molecular formula is C11H8BrCl3N4O. The quantitative estimate of drug-likeness (QED) is 0.754. The van der Waals surface area contributed by atoms with E-state index in [1.54, 1.807) is 12.1 Å². The number of nitrogens with zero attached hydrogens (tertiary/aromatic N) is 3. The normalized spacial score (nSPS) is 10.4. The number of nitrogens with one attached hydrogen (secondary N) is 1. The van der Waals surface area contributed by atoms with Gasteiger partial charge in [-0.2, -0.15) is 15.0 Å². The van der Waals surface area contributed by atoms with E-state index in [4.69, 9.17) is 39.5 Å². The zero-order valence-electron chi connectivity index (χ0n) is 10.1. The summed E-state index contributed by atoms with van der Waals surface area (Å²) in [5.41, 5.74) is 0.546. The highest BCUT2D eigenvalue weighted by atomic mass is 79.9. The maximum absolute atomic E-state index is 6.13. The van der Waals surface area contributed by atoms with E-state index in [0.29, 0.717) is 26.8 Å². The third kappa shape index (κ3) is 3.63. The van der Waals surface area contributed by atoms with Crippen molar-refractivity contribution in [2.45, 2.75) is 6.92 Å². The number of rotatable bonds is 4. The lowest BCUT2D eigenvalue weighted by Crippen LogP contribution is -2.04. The van der Waals surface area contributed by atoms with Crippen LogP contribution in [0.1, 0.15) is 6.92 Å².